The van der Waals surface area contributed by atoms with E-state index in [2.05, 4.69) is 0 Å². The molecule has 1 aliphatic rings. The topological polar surface area (TPSA) is 93.1 Å². The maximum Gasteiger partial charge on any atom is 0.410 e. The van der Waals surface area contributed by atoms with E-state index in [4.69, 9.17) is 9.47 Å². The maximum atomic E-state index is 12.1. The summed E-state index contributed by atoms with van der Waals surface area (Å²) in [5.74, 6) is -2.10. The average Bonchev–Trinajstić information content (AvgIpc) is 2.45. The minimum absolute atomic E-state index is 0.306. The molecule has 1 aliphatic heterocycles. The number of carbonyl (C=O) groups excluding carboxylic acids is 2. The Bertz CT molecular complexity index is 522. The first-order valence-electron chi connectivity index (χ1n) is 8.19. The summed E-state index contributed by atoms with van der Waals surface area (Å²) < 4.78 is 10.4. The van der Waals surface area contributed by atoms with Crippen LogP contribution in [0, 0.1) is 0 Å². The van der Waals surface area contributed by atoms with Gasteiger partial charge in [-0.2, -0.15) is 0 Å². The molecule has 1 unspecified atom stereocenters. The van der Waals surface area contributed by atoms with Gasteiger partial charge in [-0.1, -0.05) is 6.92 Å². The van der Waals surface area contributed by atoms with Crippen LogP contribution in [0.5, 0.6) is 0 Å². The van der Waals surface area contributed by atoms with E-state index in [9.17, 15) is 19.5 Å². The van der Waals surface area contributed by atoms with Crippen LogP contribution in [0.15, 0.2) is 11.1 Å². The van der Waals surface area contributed by atoms with Crippen LogP contribution in [0.4, 0.5) is 4.79 Å². The fraction of sp³-hybridized carbons (Fsp3) is 0.706. The summed E-state index contributed by atoms with van der Waals surface area (Å²) in [7, 11) is 0. The minimum atomic E-state index is -1.29. The zero-order valence-corrected chi connectivity index (χ0v) is 15.0. The van der Waals surface area contributed by atoms with Gasteiger partial charge in [-0.05, 0) is 52.5 Å². The Kier molecular flexibility index (Phi) is 6.81. The third kappa shape index (κ3) is 5.86. The number of carbonyl (C=O) groups is 3. The van der Waals surface area contributed by atoms with E-state index in [1.807, 2.05) is 6.92 Å². The van der Waals surface area contributed by atoms with Crippen LogP contribution in [-0.2, 0) is 19.1 Å². The summed E-state index contributed by atoms with van der Waals surface area (Å²) in [6.45, 7) is 9.56. The summed E-state index contributed by atoms with van der Waals surface area (Å²) >= 11 is 0. The van der Waals surface area contributed by atoms with Crippen molar-refractivity contribution < 1.29 is 29.0 Å². The molecule has 24 heavy (non-hydrogen) atoms. The quantitative estimate of drug-likeness (QED) is 0.366. The van der Waals surface area contributed by atoms with Crippen molar-refractivity contribution in [2.45, 2.75) is 65.6 Å². The molecule has 0 aromatic rings. The Hall–Kier alpha value is -2.05. The predicted octanol–water partition coefficient (Wildman–Crippen LogP) is 2.74. The summed E-state index contributed by atoms with van der Waals surface area (Å²) in [5.41, 5.74) is -0.380. The first-order chi connectivity index (χ1) is 11.0. The lowest BCUT2D eigenvalue weighted by Gasteiger charge is -2.31. The van der Waals surface area contributed by atoms with Crippen molar-refractivity contribution in [3.8, 4) is 0 Å². The van der Waals surface area contributed by atoms with Gasteiger partial charge >= 0.3 is 18.0 Å². The Morgan fingerprint density at radius 2 is 1.75 bits per heavy atom. The lowest BCUT2D eigenvalue weighted by molar-refractivity contribution is -0.147. The third-order valence-electron chi connectivity index (χ3n) is 3.67. The van der Waals surface area contributed by atoms with Gasteiger partial charge in [0.15, 0.2) is 0 Å². The number of carboxylic acid groups (broad SMARTS) is 1. The zero-order chi connectivity index (χ0) is 18.5. The molecule has 1 atom stereocenters. The van der Waals surface area contributed by atoms with Gasteiger partial charge < -0.3 is 19.5 Å². The standard InChI is InChI=1S/C17H27NO6/c1-6-11(2)23-15(21)13(14(19)20)12-7-9-18(10-8-12)16(22)24-17(3,4)5/h11H,6-10H2,1-5H3,(H,19,20). The molecule has 136 valence electrons. The normalized spacial score (nSPS) is 16.4. The largest absolute Gasteiger partial charge is 0.477 e. The van der Waals surface area contributed by atoms with E-state index < -0.39 is 23.6 Å². The van der Waals surface area contributed by atoms with Crippen LogP contribution < -0.4 is 0 Å². The molecule has 1 saturated heterocycles. The van der Waals surface area contributed by atoms with Gasteiger partial charge in [0, 0.05) is 13.1 Å². The highest BCUT2D eigenvalue weighted by Gasteiger charge is 2.30. The Morgan fingerprint density at radius 3 is 2.17 bits per heavy atom. The van der Waals surface area contributed by atoms with Crippen LogP contribution in [0.3, 0.4) is 0 Å². The smallest absolute Gasteiger partial charge is 0.410 e. The molecule has 1 fully saturated rings. The number of aliphatic carboxylic acids is 1. The number of hydrogen-bond donors (Lipinski definition) is 1. The highest BCUT2D eigenvalue weighted by atomic mass is 16.6. The molecule has 0 aromatic carbocycles. The number of amides is 1. The lowest BCUT2D eigenvalue weighted by atomic mass is 9.98. The van der Waals surface area contributed by atoms with Crippen molar-refractivity contribution in [2.24, 2.45) is 0 Å². The van der Waals surface area contributed by atoms with E-state index in [-0.39, 0.29) is 11.7 Å². The predicted molar refractivity (Wildman–Crippen MR) is 87.5 cm³/mol. The highest BCUT2D eigenvalue weighted by Crippen LogP contribution is 2.23. The molecule has 0 saturated carbocycles. The first-order valence-corrected chi connectivity index (χ1v) is 8.19. The molecule has 1 N–H and O–H groups in total. The molecule has 7 heteroatoms. The van der Waals surface area contributed by atoms with Crippen molar-refractivity contribution in [3.05, 3.63) is 11.1 Å². The fourth-order valence-electron chi connectivity index (χ4n) is 2.24. The monoisotopic (exact) mass is 341 g/mol. The van der Waals surface area contributed by atoms with Crippen LogP contribution in [0.2, 0.25) is 0 Å². The van der Waals surface area contributed by atoms with Crippen molar-refractivity contribution in [3.63, 3.8) is 0 Å². The van der Waals surface area contributed by atoms with Crippen LogP contribution in [-0.4, -0.2) is 52.8 Å². The molecule has 0 aliphatic carbocycles. The van der Waals surface area contributed by atoms with E-state index >= 15 is 0 Å². The number of rotatable bonds is 4. The molecule has 1 heterocycles. The van der Waals surface area contributed by atoms with Crippen molar-refractivity contribution >= 4 is 18.0 Å². The second kappa shape index (κ2) is 8.17. The van der Waals surface area contributed by atoms with Crippen molar-refractivity contribution in [2.75, 3.05) is 13.1 Å². The van der Waals surface area contributed by atoms with Gasteiger partial charge in [0.2, 0.25) is 0 Å². The molecule has 0 bridgehead atoms. The molecule has 0 aromatic heterocycles. The molecular weight excluding hydrogens is 314 g/mol. The van der Waals surface area contributed by atoms with Crippen LogP contribution >= 0.6 is 0 Å². The van der Waals surface area contributed by atoms with E-state index in [0.29, 0.717) is 37.9 Å². The average molecular weight is 341 g/mol. The van der Waals surface area contributed by atoms with Gasteiger partial charge in [0.05, 0.1) is 6.10 Å². The third-order valence-corrected chi connectivity index (χ3v) is 3.67. The second-order valence-corrected chi connectivity index (χ2v) is 6.88. The number of hydrogen-bond acceptors (Lipinski definition) is 5. The van der Waals surface area contributed by atoms with Gasteiger partial charge in [-0.3, -0.25) is 0 Å². The molecule has 1 amide bonds. The zero-order valence-electron chi connectivity index (χ0n) is 15.0. The molecule has 7 nitrogen and oxygen atoms in total. The van der Waals surface area contributed by atoms with Gasteiger partial charge in [0.1, 0.15) is 11.2 Å². The SMILES string of the molecule is CCC(C)OC(=O)C(C(=O)O)=C1CCN(C(=O)OC(C)(C)C)CC1. The van der Waals surface area contributed by atoms with Crippen molar-refractivity contribution in [1.82, 2.24) is 4.90 Å². The summed E-state index contributed by atoms with van der Waals surface area (Å²) in [6, 6.07) is 0. The lowest BCUT2D eigenvalue weighted by Crippen LogP contribution is -2.40. The Balaban J connectivity index is 2.80. The number of piperidine rings is 1. The number of nitrogens with zero attached hydrogens (tertiary/aromatic N) is 1. The molecule has 1 rings (SSSR count). The highest BCUT2D eigenvalue weighted by molar-refractivity contribution is 6.14. The second-order valence-electron chi connectivity index (χ2n) is 6.88. The number of esters is 1. The number of carboxylic acids is 1. The van der Waals surface area contributed by atoms with Crippen LogP contribution in [0.25, 0.3) is 0 Å². The summed E-state index contributed by atoms with van der Waals surface area (Å²) in [4.78, 5) is 37.1. The Morgan fingerprint density at radius 1 is 1.21 bits per heavy atom. The molecule has 0 radical (unpaired) electrons. The fourth-order valence-corrected chi connectivity index (χ4v) is 2.24. The van der Waals surface area contributed by atoms with E-state index in [1.165, 1.54) is 4.90 Å². The minimum Gasteiger partial charge on any atom is -0.477 e. The van der Waals surface area contributed by atoms with Gasteiger partial charge in [-0.25, -0.2) is 14.4 Å². The van der Waals surface area contributed by atoms with E-state index in [0.717, 1.165) is 0 Å². The molecular formula is C17H27NO6. The Labute approximate surface area is 142 Å². The number of ether oxygens (including phenoxy) is 2. The van der Waals surface area contributed by atoms with Crippen molar-refractivity contribution in [1.29, 1.82) is 0 Å². The van der Waals surface area contributed by atoms with Gasteiger partial charge in [-0.15, -0.1) is 0 Å². The maximum absolute atomic E-state index is 12.1. The van der Waals surface area contributed by atoms with E-state index in [1.54, 1.807) is 27.7 Å². The summed E-state index contributed by atoms with van der Waals surface area (Å²) in [5, 5.41) is 9.35. The number of likely N-dealkylation sites (tertiary alicyclic amines) is 1. The summed E-state index contributed by atoms with van der Waals surface area (Å²) in [6.07, 6.45) is 0.475. The van der Waals surface area contributed by atoms with Gasteiger partial charge in [0.25, 0.3) is 0 Å². The van der Waals surface area contributed by atoms with Crippen LogP contribution in [0.1, 0.15) is 53.9 Å². The molecule has 0 spiro atoms. The first kappa shape index (κ1) is 20.0.